The van der Waals surface area contributed by atoms with Gasteiger partial charge in [-0.3, -0.25) is 0 Å². The maximum atomic E-state index is 10.6. The minimum atomic E-state index is -1.01. The molecular weight excluding hydrogens is 347 g/mol. The average Bonchev–Trinajstić information content (AvgIpc) is 2.33. The summed E-state index contributed by atoms with van der Waals surface area (Å²) in [6.07, 6.45) is 0.430. The fourth-order valence-corrected chi connectivity index (χ4v) is 2.89. The van der Waals surface area contributed by atoms with Crippen molar-refractivity contribution in [2.45, 2.75) is 18.9 Å². The Labute approximate surface area is 131 Å². The first kappa shape index (κ1) is 14.9. The molecular formula is C15H13BrCl2O. The lowest BCUT2D eigenvalue weighted by Gasteiger charge is -2.24. The Morgan fingerprint density at radius 2 is 1.89 bits per heavy atom. The molecule has 0 radical (unpaired) electrons. The lowest BCUT2D eigenvalue weighted by atomic mass is 9.89. The van der Waals surface area contributed by atoms with Crippen molar-refractivity contribution in [1.82, 2.24) is 0 Å². The molecule has 0 aliphatic rings. The normalized spacial score (nSPS) is 14.2. The maximum absolute atomic E-state index is 10.6. The zero-order valence-corrected chi connectivity index (χ0v) is 13.4. The fraction of sp³-hybridized carbons (Fsp3) is 0.200. The highest BCUT2D eigenvalue weighted by molar-refractivity contribution is 9.10. The molecule has 1 N–H and O–H groups in total. The molecule has 0 aliphatic heterocycles. The molecule has 1 unspecified atom stereocenters. The van der Waals surface area contributed by atoms with E-state index in [-0.39, 0.29) is 0 Å². The lowest BCUT2D eigenvalue weighted by molar-refractivity contribution is 0.0576. The summed E-state index contributed by atoms with van der Waals surface area (Å²) < 4.78 is 0.920. The summed E-state index contributed by atoms with van der Waals surface area (Å²) in [5, 5.41) is 11.9. The highest BCUT2D eigenvalue weighted by Gasteiger charge is 2.24. The third-order valence-electron chi connectivity index (χ3n) is 3.00. The van der Waals surface area contributed by atoms with Crippen molar-refractivity contribution in [2.24, 2.45) is 0 Å². The molecule has 0 fully saturated rings. The van der Waals surface area contributed by atoms with Gasteiger partial charge in [0.1, 0.15) is 0 Å². The first-order valence-corrected chi connectivity index (χ1v) is 7.36. The van der Waals surface area contributed by atoms with Crippen molar-refractivity contribution >= 4 is 39.1 Å². The summed E-state index contributed by atoms with van der Waals surface area (Å²) in [5.41, 5.74) is 0.663. The Morgan fingerprint density at radius 3 is 2.53 bits per heavy atom. The first-order chi connectivity index (χ1) is 8.88. The van der Waals surface area contributed by atoms with E-state index in [1.807, 2.05) is 30.3 Å². The van der Waals surface area contributed by atoms with E-state index in [2.05, 4.69) is 15.9 Å². The second-order valence-corrected chi connectivity index (χ2v) is 6.46. The number of hydrogen-bond donors (Lipinski definition) is 1. The summed E-state index contributed by atoms with van der Waals surface area (Å²) in [4.78, 5) is 0. The van der Waals surface area contributed by atoms with Gasteiger partial charge in [-0.05, 0) is 42.3 Å². The molecule has 1 atom stereocenters. The Morgan fingerprint density at radius 1 is 1.16 bits per heavy atom. The van der Waals surface area contributed by atoms with Gasteiger partial charge >= 0.3 is 0 Å². The number of halogens is 3. The minimum Gasteiger partial charge on any atom is -0.385 e. The molecule has 100 valence electrons. The first-order valence-electron chi connectivity index (χ1n) is 5.81. The van der Waals surface area contributed by atoms with Gasteiger partial charge in [-0.15, -0.1) is 0 Å². The second kappa shape index (κ2) is 5.84. The van der Waals surface area contributed by atoms with Crippen molar-refractivity contribution in [3.8, 4) is 0 Å². The molecule has 2 rings (SSSR count). The van der Waals surface area contributed by atoms with Gasteiger partial charge in [-0.2, -0.15) is 0 Å². The summed E-state index contributed by atoms with van der Waals surface area (Å²) in [5.74, 6) is 0. The van der Waals surface area contributed by atoms with Crippen LogP contribution >= 0.6 is 39.1 Å². The predicted molar refractivity (Wildman–Crippen MR) is 83.9 cm³/mol. The van der Waals surface area contributed by atoms with Gasteiger partial charge in [-0.25, -0.2) is 0 Å². The van der Waals surface area contributed by atoms with Crippen molar-refractivity contribution in [2.75, 3.05) is 0 Å². The largest absolute Gasteiger partial charge is 0.385 e. The molecule has 2 aromatic rings. The monoisotopic (exact) mass is 358 g/mol. The van der Waals surface area contributed by atoms with E-state index < -0.39 is 5.60 Å². The number of benzene rings is 2. The van der Waals surface area contributed by atoms with Crippen LogP contribution in [0.2, 0.25) is 10.0 Å². The van der Waals surface area contributed by atoms with E-state index in [4.69, 9.17) is 23.2 Å². The number of rotatable bonds is 3. The van der Waals surface area contributed by atoms with Gasteiger partial charge in [0.25, 0.3) is 0 Å². The lowest BCUT2D eigenvalue weighted by Crippen LogP contribution is -2.24. The van der Waals surface area contributed by atoms with Crippen LogP contribution in [0.15, 0.2) is 46.9 Å². The van der Waals surface area contributed by atoms with Crippen LogP contribution in [-0.4, -0.2) is 5.11 Å². The van der Waals surface area contributed by atoms with E-state index in [1.54, 1.807) is 19.1 Å². The van der Waals surface area contributed by atoms with Crippen molar-refractivity contribution in [3.05, 3.63) is 68.1 Å². The van der Waals surface area contributed by atoms with Crippen LogP contribution in [0.5, 0.6) is 0 Å². The van der Waals surface area contributed by atoms with Crippen LogP contribution in [0.3, 0.4) is 0 Å². The van der Waals surface area contributed by atoms with Crippen LogP contribution in [-0.2, 0) is 12.0 Å². The fourth-order valence-electron chi connectivity index (χ4n) is 1.96. The van der Waals surface area contributed by atoms with Gasteiger partial charge in [0, 0.05) is 20.9 Å². The summed E-state index contributed by atoms with van der Waals surface area (Å²) >= 11 is 15.5. The van der Waals surface area contributed by atoms with Crippen LogP contribution in [0.4, 0.5) is 0 Å². The third kappa shape index (κ3) is 3.73. The minimum absolute atomic E-state index is 0.430. The van der Waals surface area contributed by atoms with Crippen LogP contribution < -0.4 is 0 Å². The zero-order chi connectivity index (χ0) is 14.0. The van der Waals surface area contributed by atoms with E-state index in [1.165, 1.54) is 0 Å². The SMILES string of the molecule is CC(O)(Cc1ccc(Br)cc1Cl)c1cccc(Cl)c1. The molecule has 4 heteroatoms. The number of aliphatic hydroxyl groups is 1. The topological polar surface area (TPSA) is 20.2 Å². The molecule has 2 aromatic carbocycles. The van der Waals surface area contributed by atoms with Crippen molar-refractivity contribution in [1.29, 1.82) is 0 Å². The molecule has 19 heavy (non-hydrogen) atoms. The van der Waals surface area contributed by atoms with Gasteiger partial charge in [-0.1, -0.05) is 57.3 Å². The summed E-state index contributed by atoms with van der Waals surface area (Å²) in [7, 11) is 0. The van der Waals surface area contributed by atoms with E-state index in [0.717, 1.165) is 15.6 Å². The smallest absolute Gasteiger partial charge is 0.0909 e. The van der Waals surface area contributed by atoms with Gasteiger partial charge < -0.3 is 5.11 Å². The Bertz CT molecular complexity index is 596. The molecule has 0 aliphatic carbocycles. The van der Waals surface area contributed by atoms with Gasteiger partial charge in [0.15, 0.2) is 0 Å². The quantitative estimate of drug-likeness (QED) is 0.797. The summed E-state index contributed by atoms with van der Waals surface area (Å²) in [6, 6.07) is 12.9. The average molecular weight is 360 g/mol. The van der Waals surface area contributed by atoms with Crippen LogP contribution in [0.25, 0.3) is 0 Å². The van der Waals surface area contributed by atoms with E-state index in [9.17, 15) is 5.11 Å². The molecule has 0 spiro atoms. The van der Waals surface area contributed by atoms with Gasteiger partial charge in [0.2, 0.25) is 0 Å². The molecule has 0 aromatic heterocycles. The van der Waals surface area contributed by atoms with E-state index >= 15 is 0 Å². The maximum Gasteiger partial charge on any atom is 0.0909 e. The highest BCUT2D eigenvalue weighted by Crippen LogP contribution is 2.31. The van der Waals surface area contributed by atoms with Gasteiger partial charge in [0.05, 0.1) is 5.60 Å². The van der Waals surface area contributed by atoms with Crippen molar-refractivity contribution < 1.29 is 5.11 Å². The van der Waals surface area contributed by atoms with Crippen LogP contribution in [0.1, 0.15) is 18.1 Å². The van der Waals surface area contributed by atoms with Crippen molar-refractivity contribution in [3.63, 3.8) is 0 Å². The molecule has 1 nitrogen and oxygen atoms in total. The molecule has 0 bridgehead atoms. The molecule has 0 saturated carbocycles. The Hall–Kier alpha value is -0.540. The summed E-state index contributed by atoms with van der Waals surface area (Å²) in [6.45, 7) is 1.76. The molecule has 0 amide bonds. The Kier molecular flexibility index (Phi) is 4.57. The molecule has 0 saturated heterocycles. The number of hydrogen-bond acceptors (Lipinski definition) is 1. The second-order valence-electron chi connectivity index (χ2n) is 4.70. The molecule has 0 heterocycles. The van der Waals surface area contributed by atoms with E-state index in [0.29, 0.717) is 16.5 Å². The third-order valence-corrected chi connectivity index (χ3v) is 4.08. The Balaban J connectivity index is 2.30. The predicted octanol–water partition coefficient (Wildman–Crippen LogP) is 5.21. The standard InChI is InChI=1S/C15H13BrCl2O/c1-15(19,11-3-2-4-13(17)7-11)9-10-5-6-12(16)8-14(10)18/h2-8,19H,9H2,1H3. The zero-order valence-electron chi connectivity index (χ0n) is 10.3. The highest BCUT2D eigenvalue weighted by atomic mass is 79.9. The van der Waals surface area contributed by atoms with Crippen LogP contribution in [0, 0.1) is 0 Å².